The van der Waals surface area contributed by atoms with Crippen LogP contribution >= 0.6 is 0 Å². The molecule has 0 unspecified atom stereocenters. The van der Waals surface area contributed by atoms with E-state index in [2.05, 4.69) is 11.8 Å². The van der Waals surface area contributed by atoms with Crippen LogP contribution in [0.25, 0.3) is 0 Å². The van der Waals surface area contributed by atoms with Crippen LogP contribution in [-0.2, 0) is 0 Å². The van der Waals surface area contributed by atoms with Crippen LogP contribution in [0.1, 0.15) is 6.42 Å². The molecule has 0 radical (unpaired) electrons. The first-order chi connectivity index (χ1) is 3.34. The van der Waals surface area contributed by atoms with E-state index in [1.807, 2.05) is 0 Å². The van der Waals surface area contributed by atoms with E-state index < -0.39 is 0 Å². The maximum Gasteiger partial charge on any atom is 0.123 e. The van der Waals surface area contributed by atoms with Crippen LogP contribution < -0.4 is 5.73 Å². The van der Waals surface area contributed by atoms with Crippen LogP contribution in [-0.4, -0.2) is 17.4 Å². The summed E-state index contributed by atoms with van der Waals surface area (Å²) < 4.78 is 3.72. The predicted molar refractivity (Wildman–Crippen MR) is 28.5 cm³/mol. The Labute approximate surface area is 43.6 Å². The first-order valence-electron chi connectivity index (χ1n) is 2.52. The Kier molecular flexibility index (Phi) is 1.30. The normalized spacial score (nSPS) is 38.6. The van der Waals surface area contributed by atoms with Gasteiger partial charge in [-0.25, -0.2) is 0 Å². The van der Waals surface area contributed by atoms with Gasteiger partial charge < -0.3 is 10.5 Å². The third kappa shape index (κ3) is 1.14. The van der Waals surface area contributed by atoms with Crippen LogP contribution in [0.2, 0.25) is 0 Å². The highest BCUT2D eigenvalue weighted by Gasteiger charge is 2.34. The Bertz CT molecular complexity index is 65.1. The molecule has 0 heterocycles. The minimum atomic E-state index is 0.436. The van der Waals surface area contributed by atoms with Gasteiger partial charge in [-0.1, -0.05) is 7.11 Å². The summed E-state index contributed by atoms with van der Waals surface area (Å²) in [6, 6.07) is 0.436. The summed E-state index contributed by atoms with van der Waals surface area (Å²) in [5, 5.41) is 0. The Morgan fingerprint density at radius 3 is 2.57 bits per heavy atom. The quantitative estimate of drug-likeness (QED) is 0.375. The van der Waals surface area contributed by atoms with Crippen molar-refractivity contribution in [2.45, 2.75) is 12.5 Å². The fourth-order valence-corrected chi connectivity index (χ4v) is 0.647. The fourth-order valence-electron chi connectivity index (χ4n) is 0.647. The van der Waals surface area contributed by atoms with E-state index in [4.69, 9.17) is 5.73 Å². The van der Waals surface area contributed by atoms with Gasteiger partial charge in [-0.15, -0.1) is 0 Å². The molecule has 2 heteroatoms. The van der Waals surface area contributed by atoms with Gasteiger partial charge in [0.1, 0.15) is 6.61 Å². The van der Waals surface area contributed by atoms with Crippen LogP contribution in [0, 0.1) is 13.0 Å². The molecule has 0 aromatic carbocycles. The molecule has 42 valence electrons. The Hall–Kier alpha value is -0.0800. The van der Waals surface area contributed by atoms with Crippen LogP contribution in [0.4, 0.5) is 0 Å². The lowest BCUT2D eigenvalue weighted by Gasteiger charge is -1.94. The molecule has 1 rings (SSSR count). The summed E-state index contributed by atoms with van der Waals surface area (Å²) in [5.74, 6) is 0.664. The lowest BCUT2D eigenvalue weighted by molar-refractivity contribution is 0.0460. The molecule has 0 aromatic rings. The van der Waals surface area contributed by atoms with Crippen molar-refractivity contribution in [3.05, 3.63) is 7.11 Å². The van der Waals surface area contributed by atoms with Crippen molar-refractivity contribution in [3.63, 3.8) is 0 Å². The van der Waals surface area contributed by atoms with Gasteiger partial charge in [0, 0.05) is 12.0 Å². The highest BCUT2D eigenvalue weighted by Crippen LogP contribution is 2.26. The number of nitrogens with two attached hydrogens (primary N) is 1. The largest absolute Gasteiger partial charge is 0.581 e. The molecule has 2 nitrogen and oxygen atoms in total. The van der Waals surface area contributed by atoms with E-state index in [1.165, 1.54) is 0 Å². The molecule has 1 fully saturated rings. The minimum Gasteiger partial charge on any atom is -0.581 e. The molecule has 0 saturated heterocycles. The second kappa shape index (κ2) is 1.80. The molecule has 1 aliphatic rings. The van der Waals surface area contributed by atoms with E-state index in [1.54, 1.807) is 0 Å². The van der Waals surface area contributed by atoms with Crippen LogP contribution in [0.3, 0.4) is 0 Å². The molecule has 2 atom stereocenters. The maximum atomic E-state index is 5.46. The van der Waals surface area contributed by atoms with Crippen molar-refractivity contribution in [1.82, 2.24) is 0 Å². The van der Waals surface area contributed by atoms with Crippen LogP contribution in [0.15, 0.2) is 0 Å². The van der Waals surface area contributed by atoms with Crippen molar-refractivity contribution in [2.75, 3.05) is 6.61 Å². The monoisotopic (exact) mass is 101 g/mol. The zero-order chi connectivity index (χ0) is 5.28. The smallest absolute Gasteiger partial charge is 0.123 e. The van der Waals surface area contributed by atoms with Gasteiger partial charge in [-0.05, 0) is 6.42 Å². The molecule has 0 bridgehead atoms. The third-order valence-electron chi connectivity index (χ3n) is 1.34. The average molecular weight is 101 g/mol. The molecule has 0 spiro atoms. The van der Waals surface area contributed by atoms with Crippen LogP contribution in [0.5, 0.6) is 0 Å². The molecule has 0 aliphatic heterocycles. The van der Waals surface area contributed by atoms with E-state index in [9.17, 15) is 0 Å². The van der Waals surface area contributed by atoms with Crippen molar-refractivity contribution in [1.29, 1.82) is 0 Å². The average Bonchev–Trinajstić information content (AvgIpc) is 2.22. The molecule has 0 aromatic heterocycles. The maximum absolute atomic E-state index is 5.46. The van der Waals surface area contributed by atoms with Gasteiger partial charge in [0.15, 0.2) is 0 Å². The summed E-state index contributed by atoms with van der Waals surface area (Å²) in [4.78, 5) is 0. The van der Waals surface area contributed by atoms with Gasteiger partial charge in [0.05, 0.1) is 0 Å². The summed E-state index contributed by atoms with van der Waals surface area (Å²) in [6.45, 7) is 0.862. The first-order valence-corrected chi connectivity index (χ1v) is 2.52. The second-order valence-electron chi connectivity index (χ2n) is 2.07. The highest BCUT2D eigenvalue weighted by molar-refractivity contribution is 4.89. The molecule has 7 heavy (non-hydrogen) atoms. The fraction of sp³-hybridized carbons (Fsp3) is 0.800. The van der Waals surface area contributed by atoms with Crippen molar-refractivity contribution < 1.29 is 4.74 Å². The first kappa shape index (κ1) is 5.06. The van der Waals surface area contributed by atoms with Crippen molar-refractivity contribution >= 4 is 0 Å². The lowest BCUT2D eigenvalue weighted by Crippen LogP contribution is -2.06. The molecular weight excluding hydrogens is 90.1 g/mol. The highest BCUT2D eigenvalue weighted by atomic mass is 16.5. The standard InChI is InChI=1S/C5H11NO/c1-7-3-4-2-5(4)6/h4-5,7H,1-3,6H2/t4-,5-/m1/s1. The summed E-state index contributed by atoms with van der Waals surface area (Å²) >= 11 is 0. The zero-order valence-electron chi connectivity index (χ0n) is 4.30. The lowest BCUT2D eigenvalue weighted by atomic mass is 10.4. The van der Waals surface area contributed by atoms with Crippen molar-refractivity contribution in [3.8, 4) is 0 Å². The van der Waals surface area contributed by atoms with Gasteiger partial charge in [-0.2, -0.15) is 0 Å². The second-order valence-corrected chi connectivity index (χ2v) is 2.07. The predicted octanol–water partition coefficient (Wildman–Crippen LogP) is -0.347. The SMILES string of the molecule is [CH2-][OH+]C[C@H]1C[C@H]1N. The van der Waals surface area contributed by atoms with E-state index in [0.717, 1.165) is 13.0 Å². The van der Waals surface area contributed by atoms with Gasteiger partial charge in [0.2, 0.25) is 0 Å². The summed E-state index contributed by atoms with van der Waals surface area (Å²) in [7, 11) is 3.37. The van der Waals surface area contributed by atoms with E-state index in [-0.39, 0.29) is 0 Å². The number of ether oxygens (including phenoxy) is 1. The number of rotatable bonds is 2. The molecule has 3 N–H and O–H groups in total. The zero-order valence-corrected chi connectivity index (χ0v) is 4.30. The topological polar surface area (TPSA) is 38.8 Å². The van der Waals surface area contributed by atoms with Crippen molar-refractivity contribution in [2.24, 2.45) is 11.7 Å². The van der Waals surface area contributed by atoms with Gasteiger partial charge >= 0.3 is 0 Å². The Morgan fingerprint density at radius 1 is 1.86 bits per heavy atom. The van der Waals surface area contributed by atoms with E-state index in [0.29, 0.717) is 12.0 Å². The number of hydrogen-bond acceptors (Lipinski definition) is 1. The van der Waals surface area contributed by atoms with E-state index >= 15 is 0 Å². The molecule has 0 amide bonds. The Balaban J connectivity index is 1.98. The summed E-state index contributed by atoms with van der Waals surface area (Å²) in [5.41, 5.74) is 5.46. The Morgan fingerprint density at radius 2 is 2.43 bits per heavy atom. The molecular formula is C5H11NO. The molecule has 1 saturated carbocycles. The summed E-state index contributed by atoms with van der Waals surface area (Å²) in [6.07, 6.45) is 1.15. The molecule has 1 aliphatic carbocycles. The third-order valence-corrected chi connectivity index (χ3v) is 1.34. The minimum absolute atomic E-state index is 0.436. The van der Waals surface area contributed by atoms with Gasteiger partial charge in [-0.3, -0.25) is 0 Å². The number of aliphatic hydroxyl groups is 2. The number of hydrogen-bond donors (Lipinski definition) is 1. The van der Waals surface area contributed by atoms with Gasteiger partial charge in [0.25, 0.3) is 0 Å².